The van der Waals surface area contributed by atoms with Crippen LogP contribution in [0.2, 0.25) is 0 Å². The Kier molecular flexibility index (Phi) is 5.27. The number of benzene rings is 2. The molecule has 0 atom stereocenters. The van der Waals surface area contributed by atoms with Crippen LogP contribution in [0.25, 0.3) is 22.7 Å². The van der Waals surface area contributed by atoms with Crippen molar-refractivity contribution in [2.75, 3.05) is 21.3 Å². The summed E-state index contributed by atoms with van der Waals surface area (Å²) in [6.07, 6.45) is 0. The summed E-state index contributed by atoms with van der Waals surface area (Å²) in [5.41, 5.74) is 1.35. The predicted molar refractivity (Wildman–Crippen MR) is 101 cm³/mol. The third-order valence-electron chi connectivity index (χ3n) is 3.73. The Labute approximate surface area is 158 Å². The molecule has 0 aliphatic carbocycles. The van der Waals surface area contributed by atoms with Gasteiger partial charge in [0.15, 0.2) is 11.5 Å². The Morgan fingerprint density at radius 3 is 2.04 bits per heavy atom. The minimum atomic E-state index is -0.498. The van der Waals surface area contributed by atoms with Gasteiger partial charge in [-0.05, 0) is 24.3 Å². The Hall–Kier alpha value is -2.80. The molecule has 1 heterocycles. The van der Waals surface area contributed by atoms with Crippen LogP contribution in [0.3, 0.4) is 0 Å². The van der Waals surface area contributed by atoms with Gasteiger partial charge in [0.2, 0.25) is 11.6 Å². The first-order chi connectivity index (χ1) is 12.5. The van der Waals surface area contributed by atoms with Gasteiger partial charge in [-0.2, -0.15) is 0 Å². The molecule has 0 radical (unpaired) electrons. The van der Waals surface area contributed by atoms with Crippen molar-refractivity contribution >= 4 is 15.9 Å². The van der Waals surface area contributed by atoms with Crippen LogP contribution in [0.1, 0.15) is 0 Å². The Morgan fingerprint density at radius 2 is 1.50 bits per heavy atom. The van der Waals surface area contributed by atoms with Crippen molar-refractivity contribution in [3.8, 4) is 40.0 Å². The summed E-state index contributed by atoms with van der Waals surface area (Å²) in [7, 11) is 4.55. The van der Waals surface area contributed by atoms with Crippen molar-refractivity contribution in [2.45, 2.75) is 0 Å². The standard InChI is InChI=1S/C19H16BrNO5/c1-23-15-8-12(9-16(24-2)18(15)25-3)19-21-14(10-17(22)26-19)11-4-6-13(20)7-5-11/h4-10H,1-3H3. The van der Waals surface area contributed by atoms with E-state index in [1.165, 1.54) is 27.4 Å². The van der Waals surface area contributed by atoms with Gasteiger partial charge in [-0.1, -0.05) is 28.1 Å². The number of methoxy groups -OCH3 is 3. The summed E-state index contributed by atoms with van der Waals surface area (Å²) < 4.78 is 22.2. The van der Waals surface area contributed by atoms with E-state index < -0.39 is 5.63 Å². The van der Waals surface area contributed by atoms with Crippen molar-refractivity contribution in [1.82, 2.24) is 4.98 Å². The highest BCUT2D eigenvalue weighted by Crippen LogP contribution is 2.40. The number of nitrogens with zero attached hydrogens (tertiary/aromatic N) is 1. The molecule has 0 aliphatic rings. The van der Waals surface area contributed by atoms with E-state index in [0.717, 1.165) is 10.0 Å². The summed E-state index contributed by atoms with van der Waals surface area (Å²) in [5, 5.41) is 0. The van der Waals surface area contributed by atoms with E-state index in [9.17, 15) is 4.79 Å². The Bertz CT molecular complexity index is 957. The second-order valence-electron chi connectivity index (χ2n) is 5.29. The molecule has 3 aromatic rings. The molecule has 2 aromatic carbocycles. The zero-order valence-corrected chi connectivity index (χ0v) is 16.0. The molecule has 0 spiro atoms. The summed E-state index contributed by atoms with van der Waals surface area (Å²) in [5.74, 6) is 1.50. The van der Waals surface area contributed by atoms with Gasteiger partial charge >= 0.3 is 5.63 Å². The van der Waals surface area contributed by atoms with E-state index in [2.05, 4.69) is 20.9 Å². The number of rotatable bonds is 5. The maximum atomic E-state index is 12.1. The maximum absolute atomic E-state index is 12.1. The number of hydrogen-bond acceptors (Lipinski definition) is 6. The summed E-state index contributed by atoms with van der Waals surface area (Å²) in [6, 6.07) is 12.2. The molecule has 0 bridgehead atoms. The van der Waals surface area contributed by atoms with E-state index in [0.29, 0.717) is 28.5 Å². The van der Waals surface area contributed by atoms with E-state index in [1.807, 2.05) is 24.3 Å². The quantitative estimate of drug-likeness (QED) is 0.620. The molecule has 1 aromatic heterocycles. The zero-order valence-electron chi connectivity index (χ0n) is 14.4. The van der Waals surface area contributed by atoms with Crippen molar-refractivity contribution in [1.29, 1.82) is 0 Å². The van der Waals surface area contributed by atoms with Crippen LogP contribution in [0.15, 0.2) is 56.1 Å². The number of hydrogen-bond donors (Lipinski definition) is 0. The first-order valence-electron chi connectivity index (χ1n) is 7.64. The molecule has 0 aliphatic heterocycles. The van der Waals surface area contributed by atoms with Gasteiger partial charge in [-0.25, -0.2) is 9.78 Å². The molecule has 0 amide bonds. The molecular weight excluding hydrogens is 402 g/mol. The van der Waals surface area contributed by atoms with Gasteiger partial charge in [-0.3, -0.25) is 0 Å². The van der Waals surface area contributed by atoms with E-state index in [4.69, 9.17) is 18.6 Å². The predicted octanol–water partition coefficient (Wildman–Crippen LogP) is 4.16. The Balaban J connectivity index is 2.15. The molecule has 0 fully saturated rings. The van der Waals surface area contributed by atoms with Gasteiger partial charge in [0, 0.05) is 15.6 Å². The molecule has 7 heteroatoms. The van der Waals surface area contributed by atoms with Gasteiger partial charge in [0.05, 0.1) is 33.1 Å². The lowest BCUT2D eigenvalue weighted by Crippen LogP contribution is -2.03. The average Bonchev–Trinajstić information content (AvgIpc) is 2.66. The zero-order chi connectivity index (χ0) is 18.7. The SMILES string of the molecule is COc1cc(-c2nc(-c3ccc(Br)cc3)cc(=O)o2)cc(OC)c1OC. The number of halogens is 1. The molecule has 6 nitrogen and oxygen atoms in total. The largest absolute Gasteiger partial charge is 0.493 e. The molecule has 0 saturated heterocycles. The average molecular weight is 418 g/mol. The fourth-order valence-corrected chi connectivity index (χ4v) is 2.76. The molecule has 0 unspecified atom stereocenters. The molecule has 0 saturated carbocycles. The van der Waals surface area contributed by atoms with Crippen LogP contribution >= 0.6 is 15.9 Å². The van der Waals surface area contributed by atoms with Gasteiger partial charge < -0.3 is 18.6 Å². The minimum Gasteiger partial charge on any atom is -0.493 e. The highest BCUT2D eigenvalue weighted by Gasteiger charge is 2.17. The Morgan fingerprint density at radius 1 is 0.885 bits per heavy atom. The van der Waals surface area contributed by atoms with Gasteiger partial charge in [0.25, 0.3) is 0 Å². The molecule has 0 N–H and O–H groups in total. The first-order valence-corrected chi connectivity index (χ1v) is 8.43. The van der Waals surface area contributed by atoms with Crippen molar-refractivity contribution in [2.24, 2.45) is 0 Å². The lowest BCUT2D eigenvalue weighted by atomic mass is 10.1. The number of ether oxygens (including phenoxy) is 3. The highest BCUT2D eigenvalue weighted by atomic mass is 79.9. The molecule has 3 rings (SSSR count). The van der Waals surface area contributed by atoms with Crippen LogP contribution in [-0.4, -0.2) is 26.3 Å². The third kappa shape index (κ3) is 3.57. The van der Waals surface area contributed by atoms with E-state index in [1.54, 1.807) is 12.1 Å². The van der Waals surface area contributed by atoms with Crippen LogP contribution < -0.4 is 19.8 Å². The normalized spacial score (nSPS) is 10.5. The van der Waals surface area contributed by atoms with Gasteiger partial charge in [0.1, 0.15) is 0 Å². The molecule has 134 valence electrons. The van der Waals surface area contributed by atoms with Crippen molar-refractivity contribution in [3.63, 3.8) is 0 Å². The van der Waals surface area contributed by atoms with Crippen LogP contribution in [0.5, 0.6) is 17.2 Å². The summed E-state index contributed by atoms with van der Waals surface area (Å²) in [6.45, 7) is 0. The van der Waals surface area contributed by atoms with Crippen molar-refractivity contribution < 1.29 is 18.6 Å². The van der Waals surface area contributed by atoms with E-state index >= 15 is 0 Å². The second kappa shape index (κ2) is 7.61. The number of aromatic nitrogens is 1. The van der Waals surface area contributed by atoms with Crippen LogP contribution in [-0.2, 0) is 0 Å². The fraction of sp³-hybridized carbons (Fsp3) is 0.158. The van der Waals surface area contributed by atoms with Gasteiger partial charge in [-0.15, -0.1) is 0 Å². The monoisotopic (exact) mass is 417 g/mol. The third-order valence-corrected chi connectivity index (χ3v) is 4.25. The molecular formula is C19H16BrNO5. The van der Waals surface area contributed by atoms with Crippen LogP contribution in [0, 0.1) is 0 Å². The van der Waals surface area contributed by atoms with Crippen LogP contribution in [0.4, 0.5) is 0 Å². The lowest BCUT2D eigenvalue weighted by molar-refractivity contribution is 0.324. The van der Waals surface area contributed by atoms with E-state index in [-0.39, 0.29) is 5.89 Å². The second-order valence-corrected chi connectivity index (χ2v) is 6.20. The topological polar surface area (TPSA) is 70.8 Å². The minimum absolute atomic E-state index is 0.162. The fourth-order valence-electron chi connectivity index (χ4n) is 2.50. The maximum Gasteiger partial charge on any atom is 0.339 e. The summed E-state index contributed by atoms with van der Waals surface area (Å²) in [4.78, 5) is 16.5. The lowest BCUT2D eigenvalue weighted by Gasteiger charge is -2.13. The summed E-state index contributed by atoms with van der Waals surface area (Å²) >= 11 is 3.39. The first kappa shape index (κ1) is 18.0. The smallest absolute Gasteiger partial charge is 0.339 e. The van der Waals surface area contributed by atoms with Crippen molar-refractivity contribution in [3.05, 3.63) is 57.4 Å². The highest BCUT2D eigenvalue weighted by molar-refractivity contribution is 9.10. The molecule has 26 heavy (non-hydrogen) atoms.